The monoisotopic (exact) mass is 484 g/mol. The molecular formula is C30H36N4O2. The molecule has 1 aliphatic heterocycles. The zero-order valence-electron chi connectivity index (χ0n) is 21.6. The first kappa shape index (κ1) is 25.6. The number of carbonyl (C=O) groups excluding carboxylic acids is 1. The molecule has 188 valence electrons. The molecule has 2 aliphatic rings. The third-order valence-corrected chi connectivity index (χ3v) is 6.40. The number of allylic oxidation sites excluding steroid dienone is 3. The van der Waals surface area contributed by atoms with Gasteiger partial charge in [0.25, 0.3) is 5.91 Å². The summed E-state index contributed by atoms with van der Waals surface area (Å²) in [5.41, 5.74) is 13.4. The number of aryl methyl sites for hydroxylation is 1. The van der Waals surface area contributed by atoms with Gasteiger partial charge in [0.05, 0.1) is 11.7 Å². The van der Waals surface area contributed by atoms with Gasteiger partial charge in [-0.05, 0) is 74.4 Å². The molecule has 1 unspecified atom stereocenters. The first-order valence-electron chi connectivity index (χ1n) is 12.8. The number of benzene rings is 1. The van der Waals surface area contributed by atoms with Crippen LogP contribution in [0.4, 0.5) is 5.69 Å². The minimum absolute atomic E-state index is 0.167. The van der Waals surface area contributed by atoms with Crippen LogP contribution in [-0.4, -0.2) is 35.1 Å². The number of anilines is 1. The molecule has 0 saturated carbocycles. The molecule has 1 fully saturated rings. The van der Waals surface area contributed by atoms with Crippen molar-refractivity contribution in [3.05, 3.63) is 81.7 Å². The fraction of sp³-hybridized carbons (Fsp3) is 0.367. The Kier molecular flexibility index (Phi) is 8.14. The van der Waals surface area contributed by atoms with Crippen molar-refractivity contribution in [2.45, 2.75) is 59.1 Å². The van der Waals surface area contributed by atoms with Gasteiger partial charge in [0, 0.05) is 46.4 Å². The minimum atomic E-state index is -0.628. The van der Waals surface area contributed by atoms with Crippen LogP contribution in [0.15, 0.2) is 64.7 Å². The molecule has 6 nitrogen and oxygen atoms in total. The highest BCUT2D eigenvalue weighted by molar-refractivity contribution is 6.09. The smallest absolute Gasteiger partial charge is 0.256 e. The predicted octanol–water partition coefficient (Wildman–Crippen LogP) is 5.27. The first-order chi connectivity index (χ1) is 17.4. The lowest BCUT2D eigenvalue weighted by atomic mass is 9.93. The van der Waals surface area contributed by atoms with Gasteiger partial charge in [-0.2, -0.15) is 0 Å². The maximum atomic E-state index is 12.8. The number of aromatic nitrogens is 1. The maximum Gasteiger partial charge on any atom is 0.256 e. The number of nitrogens with one attached hydrogen (secondary N) is 4. The number of aliphatic hydroxyl groups is 1. The van der Waals surface area contributed by atoms with Crippen LogP contribution in [0.25, 0.3) is 17.2 Å². The van der Waals surface area contributed by atoms with Crippen LogP contribution in [0.3, 0.4) is 0 Å². The lowest BCUT2D eigenvalue weighted by Crippen LogP contribution is -2.24. The predicted molar refractivity (Wildman–Crippen MR) is 146 cm³/mol. The number of aliphatic hydroxyl groups excluding tert-OH is 1. The zero-order chi connectivity index (χ0) is 25.7. The fourth-order valence-electron chi connectivity index (χ4n) is 4.69. The van der Waals surface area contributed by atoms with Crippen LogP contribution < -0.4 is 16.0 Å². The van der Waals surface area contributed by atoms with E-state index in [1.165, 1.54) is 0 Å². The average Bonchev–Trinajstić information content (AvgIpc) is 3.36. The van der Waals surface area contributed by atoms with Crippen LogP contribution >= 0.6 is 0 Å². The second-order valence-corrected chi connectivity index (χ2v) is 9.63. The highest BCUT2D eigenvalue weighted by atomic mass is 16.3. The van der Waals surface area contributed by atoms with Crippen molar-refractivity contribution >= 4 is 17.7 Å². The molecule has 1 amide bonds. The van der Waals surface area contributed by atoms with Crippen LogP contribution in [0.5, 0.6) is 0 Å². The second kappa shape index (κ2) is 11.5. The van der Waals surface area contributed by atoms with E-state index in [1.807, 2.05) is 25.1 Å². The number of aromatic amines is 1. The Bertz CT molecular complexity index is 1300. The summed E-state index contributed by atoms with van der Waals surface area (Å²) in [6, 6.07) is 8.67. The summed E-state index contributed by atoms with van der Waals surface area (Å²) in [5, 5.41) is 21.1. The van der Waals surface area contributed by atoms with Gasteiger partial charge in [-0.15, -0.1) is 0 Å². The average molecular weight is 485 g/mol. The SMILES string of the molecule is CCCNc1cccc(-c2c(/C=C3\C(=O)NC4=C=C=CC=C43)[nH]c(C)c2C(O)CCCNC(C)C)c1. The van der Waals surface area contributed by atoms with Gasteiger partial charge in [-0.25, -0.2) is 0 Å². The molecule has 2 heterocycles. The quantitative estimate of drug-likeness (QED) is 0.171. The molecule has 1 aromatic heterocycles. The van der Waals surface area contributed by atoms with Crippen molar-refractivity contribution in [1.82, 2.24) is 15.6 Å². The van der Waals surface area contributed by atoms with Gasteiger partial charge in [0.15, 0.2) is 0 Å². The molecule has 0 bridgehead atoms. The lowest BCUT2D eigenvalue weighted by Gasteiger charge is -2.16. The van der Waals surface area contributed by atoms with Gasteiger partial charge < -0.3 is 26.0 Å². The van der Waals surface area contributed by atoms with E-state index in [-0.39, 0.29) is 5.91 Å². The number of rotatable bonds is 11. The molecule has 1 aromatic carbocycles. The van der Waals surface area contributed by atoms with Crippen molar-refractivity contribution in [2.75, 3.05) is 18.4 Å². The molecule has 0 radical (unpaired) electrons. The van der Waals surface area contributed by atoms with Gasteiger partial charge in [0.1, 0.15) is 5.70 Å². The number of fused-ring (bicyclic) bond motifs is 1. The van der Waals surface area contributed by atoms with Crippen molar-refractivity contribution in [2.24, 2.45) is 0 Å². The Hall–Kier alpha value is -3.53. The maximum absolute atomic E-state index is 12.8. The third kappa shape index (κ3) is 5.64. The molecule has 2 aromatic rings. The Balaban J connectivity index is 1.76. The summed E-state index contributed by atoms with van der Waals surface area (Å²) in [6.45, 7) is 10.1. The fourth-order valence-corrected chi connectivity index (χ4v) is 4.69. The van der Waals surface area contributed by atoms with E-state index in [4.69, 9.17) is 0 Å². The Morgan fingerprint density at radius 3 is 2.83 bits per heavy atom. The molecule has 36 heavy (non-hydrogen) atoms. The van der Waals surface area contributed by atoms with Crippen LogP contribution in [0, 0.1) is 6.92 Å². The lowest BCUT2D eigenvalue weighted by molar-refractivity contribution is -0.115. The molecular weight excluding hydrogens is 448 g/mol. The largest absolute Gasteiger partial charge is 0.388 e. The first-order valence-corrected chi connectivity index (χ1v) is 12.8. The molecule has 1 atom stereocenters. The number of H-pyrrole nitrogens is 1. The van der Waals surface area contributed by atoms with E-state index in [9.17, 15) is 9.90 Å². The van der Waals surface area contributed by atoms with Gasteiger partial charge in [0.2, 0.25) is 0 Å². The topological polar surface area (TPSA) is 89.2 Å². The molecule has 1 saturated heterocycles. The van der Waals surface area contributed by atoms with Crippen LogP contribution in [-0.2, 0) is 4.79 Å². The summed E-state index contributed by atoms with van der Waals surface area (Å²) in [6.07, 6.45) is 7.43. The molecule has 0 spiro atoms. The highest BCUT2D eigenvalue weighted by Gasteiger charge is 2.29. The van der Waals surface area contributed by atoms with E-state index < -0.39 is 6.10 Å². The third-order valence-electron chi connectivity index (χ3n) is 6.40. The summed E-state index contributed by atoms with van der Waals surface area (Å²) in [4.78, 5) is 16.3. The van der Waals surface area contributed by atoms with Crippen molar-refractivity contribution in [3.8, 4) is 11.1 Å². The summed E-state index contributed by atoms with van der Waals surface area (Å²) >= 11 is 0. The number of hydrogen-bond donors (Lipinski definition) is 5. The summed E-state index contributed by atoms with van der Waals surface area (Å²) < 4.78 is 0. The Morgan fingerprint density at radius 1 is 1.22 bits per heavy atom. The van der Waals surface area contributed by atoms with Gasteiger partial charge in [-0.1, -0.05) is 38.6 Å². The zero-order valence-corrected chi connectivity index (χ0v) is 21.6. The Morgan fingerprint density at radius 2 is 2.06 bits per heavy atom. The second-order valence-electron chi connectivity index (χ2n) is 9.63. The van der Waals surface area contributed by atoms with Crippen molar-refractivity contribution in [3.63, 3.8) is 0 Å². The van der Waals surface area contributed by atoms with E-state index in [0.717, 1.165) is 65.3 Å². The molecule has 4 rings (SSSR count). The van der Waals surface area contributed by atoms with E-state index in [1.54, 1.807) is 6.08 Å². The van der Waals surface area contributed by atoms with E-state index in [0.29, 0.717) is 23.7 Å². The summed E-state index contributed by atoms with van der Waals surface area (Å²) in [5.74, 6) is -0.167. The Labute approximate surface area is 213 Å². The minimum Gasteiger partial charge on any atom is -0.388 e. The van der Waals surface area contributed by atoms with Crippen molar-refractivity contribution in [1.29, 1.82) is 0 Å². The highest BCUT2D eigenvalue weighted by Crippen LogP contribution is 2.39. The van der Waals surface area contributed by atoms with Crippen LogP contribution in [0.1, 0.15) is 63.1 Å². The standard InChI is InChI=1S/C30H36N4O2/c1-5-15-32-22-11-8-10-21(17-22)29-26(18-24-23-12-6-7-13-25(23)34-30(24)36)33-20(4)28(29)27(35)14-9-16-31-19(2)3/h6,8,10-12,17-19,27,31-33,35H,5,9,14-16H2,1-4H3,(H,34,36)/b24-18-. The molecule has 6 heteroatoms. The number of carbonyl (C=O) groups is 1. The molecule has 5 N–H and O–H groups in total. The normalized spacial score (nSPS) is 16.3. The van der Waals surface area contributed by atoms with Gasteiger partial charge in [-0.3, -0.25) is 4.79 Å². The summed E-state index contributed by atoms with van der Waals surface area (Å²) in [7, 11) is 0. The van der Waals surface area contributed by atoms with Crippen molar-refractivity contribution < 1.29 is 9.90 Å². The molecule has 1 aliphatic carbocycles. The van der Waals surface area contributed by atoms with E-state index >= 15 is 0 Å². The van der Waals surface area contributed by atoms with Crippen LogP contribution in [0.2, 0.25) is 0 Å². The number of hydrogen-bond acceptors (Lipinski definition) is 4. The van der Waals surface area contributed by atoms with E-state index in [2.05, 4.69) is 71.4 Å². The van der Waals surface area contributed by atoms with Gasteiger partial charge >= 0.3 is 0 Å². The number of amides is 1.